The van der Waals surface area contributed by atoms with Crippen LogP contribution in [-0.2, 0) is 11.2 Å². The van der Waals surface area contributed by atoms with Gasteiger partial charge in [0, 0.05) is 19.4 Å². The number of carbonyl (C=O) groups excluding carboxylic acids is 1. The van der Waals surface area contributed by atoms with Gasteiger partial charge >= 0.3 is 0 Å². The van der Waals surface area contributed by atoms with E-state index in [9.17, 15) is 4.79 Å². The summed E-state index contributed by atoms with van der Waals surface area (Å²) in [7, 11) is 0. The van der Waals surface area contributed by atoms with E-state index in [2.05, 4.69) is 15.5 Å². The lowest BCUT2D eigenvalue weighted by Crippen LogP contribution is -2.25. The van der Waals surface area contributed by atoms with Crippen LogP contribution in [0.2, 0.25) is 0 Å². The van der Waals surface area contributed by atoms with Crippen LogP contribution in [0.15, 0.2) is 4.52 Å². The highest BCUT2D eigenvalue weighted by molar-refractivity contribution is 5.75. The molecule has 6 heteroatoms. The number of aliphatic hydroxyl groups is 1. The van der Waals surface area contributed by atoms with E-state index in [-0.39, 0.29) is 12.0 Å². The maximum atomic E-state index is 11.4. The molecule has 1 unspecified atom stereocenters. The Morgan fingerprint density at radius 2 is 2.35 bits per heavy atom. The van der Waals surface area contributed by atoms with Crippen molar-refractivity contribution in [2.45, 2.75) is 45.6 Å². The van der Waals surface area contributed by atoms with Crippen molar-refractivity contribution >= 4 is 5.91 Å². The van der Waals surface area contributed by atoms with Gasteiger partial charge in [0.2, 0.25) is 11.8 Å². The van der Waals surface area contributed by atoms with E-state index in [0.717, 1.165) is 6.42 Å². The van der Waals surface area contributed by atoms with Gasteiger partial charge in [-0.1, -0.05) is 5.16 Å². The van der Waals surface area contributed by atoms with Crippen molar-refractivity contribution in [1.29, 1.82) is 0 Å². The van der Waals surface area contributed by atoms with Gasteiger partial charge in [-0.05, 0) is 26.7 Å². The lowest BCUT2D eigenvalue weighted by atomic mass is 10.2. The molecule has 96 valence electrons. The normalized spacial score (nSPS) is 12.4. The molecular formula is C11H19N3O3. The van der Waals surface area contributed by atoms with Crippen LogP contribution in [0.4, 0.5) is 0 Å². The molecule has 1 aromatic heterocycles. The first-order valence-electron chi connectivity index (χ1n) is 5.82. The summed E-state index contributed by atoms with van der Waals surface area (Å²) in [6.45, 7) is 4.06. The van der Waals surface area contributed by atoms with Crippen LogP contribution in [-0.4, -0.2) is 33.8 Å². The van der Waals surface area contributed by atoms with Gasteiger partial charge in [-0.15, -0.1) is 0 Å². The SMILES string of the molecule is Cc1noc(CCC(=O)NCCCC(C)O)n1. The second-order valence-electron chi connectivity index (χ2n) is 4.08. The molecule has 0 aliphatic carbocycles. The monoisotopic (exact) mass is 241 g/mol. The third-order valence-electron chi connectivity index (χ3n) is 2.26. The van der Waals surface area contributed by atoms with Gasteiger partial charge in [-0.2, -0.15) is 4.98 Å². The number of amides is 1. The van der Waals surface area contributed by atoms with Gasteiger partial charge in [0.25, 0.3) is 0 Å². The van der Waals surface area contributed by atoms with Gasteiger partial charge in [0.15, 0.2) is 5.82 Å². The topological polar surface area (TPSA) is 88.2 Å². The molecule has 6 nitrogen and oxygen atoms in total. The molecule has 0 fully saturated rings. The van der Waals surface area contributed by atoms with Crippen LogP contribution in [0.3, 0.4) is 0 Å². The number of rotatable bonds is 7. The zero-order valence-electron chi connectivity index (χ0n) is 10.3. The maximum Gasteiger partial charge on any atom is 0.227 e. The van der Waals surface area contributed by atoms with Gasteiger partial charge in [-0.25, -0.2) is 0 Å². The average molecular weight is 241 g/mol. The van der Waals surface area contributed by atoms with E-state index in [0.29, 0.717) is 37.5 Å². The third-order valence-corrected chi connectivity index (χ3v) is 2.26. The zero-order chi connectivity index (χ0) is 12.7. The number of aliphatic hydroxyl groups excluding tert-OH is 1. The van der Waals surface area contributed by atoms with Crippen molar-refractivity contribution in [2.24, 2.45) is 0 Å². The molecule has 0 saturated carbocycles. The van der Waals surface area contributed by atoms with E-state index in [4.69, 9.17) is 9.63 Å². The number of aryl methyl sites for hydroxylation is 2. The minimum Gasteiger partial charge on any atom is -0.393 e. The van der Waals surface area contributed by atoms with Crippen LogP contribution < -0.4 is 5.32 Å². The molecule has 0 aliphatic rings. The Kier molecular flexibility index (Phi) is 5.62. The Morgan fingerprint density at radius 1 is 1.59 bits per heavy atom. The largest absolute Gasteiger partial charge is 0.393 e. The van der Waals surface area contributed by atoms with E-state index in [1.165, 1.54) is 0 Å². The van der Waals surface area contributed by atoms with Crippen LogP contribution >= 0.6 is 0 Å². The molecule has 0 aliphatic heterocycles. The van der Waals surface area contributed by atoms with Crippen molar-refractivity contribution in [3.8, 4) is 0 Å². The van der Waals surface area contributed by atoms with E-state index in [1.54, 1.807) is 13.8 Å². The summed E-state index contributed by atoms with van der Waals surface area (Å²) < 4.78 is 4.90. The number of hydrogen-bond acceptors (Lipinski definition) is 5. The number of aromatic nitrogens is 2. The van der Waals surface area contributed by atoms with Crippen LogP contribution in [0.1, 0.15) is 37.9 Å². The Balaban J connectivity index is 2.09. The molecule has 2 N–H and O–H groups in total. The molecule has 0 saturated heterocycles. The lowest BCUT2D eigenvalue weighted by Gasteiger charge is -2.05. The predicted octanol–water partition coefficient (Wildman–Crippen LogP) is 0.588. The summed E-state index contributed by atoms with van der Waals surface area (Å²) in [6, 6.07) is 0. The molecule has 1 amide bonds. The Morgan fingerprint density at radius 3 is 2.94 bits per heavy atom. The minimum atomic E-state index is -0.312. The lowest BCUT2D eigenvalue weighted by molar-refractivity contribution is -0.121. The molecule has 1 heterocycles. The molecule has 0 spiro atoms. The Bertz CT molecular complexity index is 349. The number of carbonyl (C=O) groups is 1. The summed E-state index contributed by atoms with van der Waals surface area (Å²) in [5.41, 5.74) is 0. The van der Waals surface area contributed by atoms with Crippen molar-refractivity contribution in [1.82, 2.24) is 15.5 Å². The first-order chi connectivity index (χ1) is 8.08. The van der Waals surface area contributed by atoms with E-state index < -0.39 is 0 Å². The first kappa shape index (κ1) is 13.6. The van der Waals surface area contributed by atoms with Crippen LogP contribution in [0, 0.1) is 6.92 Å². The molecule has 1 aromatic rings. The number of hydrogen-bond donors (Lipinski definition) is 2. The molecular weight excluding hydrogens is 222 g/mol. The average Bonchev–Trinajstić information content (AvgIpc) is 2.67. The third kappa shape index (κ3) is 6.01. The van der Waals surface area contributed by atoms with Gasteiger partial charge in [0.1, 0.15) is 0 Å². The summed E-state index contributed by atoms with van der Waals surface area (Å²) in [6.07, 6.45) is 1.97. The highest BCUT2D eigenvalue weighted by atomic mass is 16.5. The molecule has 17 heavy (non-hydrogen) atoms. The highest BCUT2D eigenvalue weighted by Crippen LogP contribution is 2.00. The van der Waals surface area contributed by atoms with E-state index >= 15 is 0 Å². The predicted molar refractivity (Wildman–Crippen MR) is 61.3 cm³/mol. The van der Waals surface area contributed by atoms with E-state index in [1.807, 2.05) is 0 Å². The fourth-order valence-electron chi connectivity index (χ4n) is 1.38. The molecule has 1 rings (SSSR count). The van der Waals surface area contributed by atoms with Crippen molar-refractivity contribution in [2.75, 3.05) is 6.54 Å². The minimum absolute atomic E-state index is 0.0357. The summed E-state index contributed by atoms with van der Waals surface area (Å²) in [5, 5.41) is 15.5. The van der Waals surface area contributed by atoms with Gasteiger partial charge < -0.3 is 14.9 Å². The van der Waals surface area contributed by atoms with Gasteiger partial charge in [0.05, 0.1) is 6.10 Å². The van der Waals surface area contributed by atoms with Crippen molar-refractivity contribution in [3.05, 3.63) is 11.7 Å². The standard InChI is InChI=1S/C11H19N3O3/c1-8(15)4-3-7-12-10(16)5-6-11-13-9(2)14-17-11/h8,15H,3-7H2,1-2H3,(H,12,16). The van der Waals surface area contributed by atoms with Crippen LogP contribution in [0.5, 0.6) is 0 Å². The number of nitrogens with zero attached hydrogens (tertiary/aromatic N) is 2. The Hall–Kier alpha value is -1.43. The summed E-state index contributed by atoms with van der Waals surface area (Å²) >= 11 is 0. The maximum absolute atomic E-state index is 11.4. The fourth-order valence-corrected chi connectivity index (χ4v) is 1.38. The quantitative estimate of drug-likeness (QED) is 0.682. The number of nitrogens with one attached hydrogen (secondary N) is 1. The Labute approximate surface area is 100 Å². The highest BCUT2D eigenvalue weighted by Gasteiger charge is 2.06. The fraction of sp³-hybridized carbons (Fsp3) is 0.727. The smallest absolute Gasteiger partial charge is 0.227 e. The van der Waals surface area contributed by atoms with Gasteiger partial charge in [-0.3, -0.25) is 4.79 Å². The summed E-state index contributed by atoms with van der Waals surface area (Å²) in [4.78, 5) is 15.4. The second-order valence-corrected chi connectivity index (χ2v) is 4.08. The molecule has 1 atom stereocenters. The second kappa shape index (κ2) is 7.01. The van der Waals surface area contributed by atoms with Crippen LogP contribution in [0.25, 0.3) is 0 Å². The molecule has 0 bridgehead atoms. The molecule has 0 radical (unpaired) electrons. The van der Waals surface area contributed by atoms with Crippen molar-refractivity contribution < 1.29 is 14.4 Å². The summed E-state index contributed by atoms with van der Waals surface area (Å²) in [5.74, 6) is 1.03. The zero-order valence-corrected chi connectivity index (χ0v) is 10.3. The first-order valence-corrected chi connectivity index (χ1v) is 5.82. The van der Waals surface area contributed by atoms with Crippen molar-refractivity contribution in [3.63, 3.8) is 0 Å². The molecule has 0 aromatic carbocycles.